The van der Waals surface area contributed by atoms with E-state index in [1.165, 1.54) is 5.56 Å². The number of nitrogens with zero attached hydrogens (tertiary/aromatic N) is 2. The highest BCUT2D eigenvalue weighted by Crippen LogP contribution is 2.28. The van der Waals surface area contributed by atoms with Crippen LogP contribution in [-0.4, -0.2) is 56.9 Å². The number of benzene rings is 6. The number of hydrogen-bond donors (Lipinski definition) is 2. The van der Waals surface area contributed by atoms with Crippen molar-refractivity contribution in [1.29, 1.82) is 0 Å². The molecule has 0 aliphatic rings. The lowest BCUT2D eigenvalue weighted by atomic mass is 9.88. The molecule has 0 saturated carbocycles. The zero-order chi connectivity index (χ0) is 50.9. The third-order valence-corrected chi connectivity index (χ3v) is 12.0. The number of Topliss-reactive ketones (excluding diaryl/α,β-unsaturated/α-hetero) is 2. The average molecular weight is 953 g/mol. The maximum absolute atomic E-state index is 13.1. The summed E-state index contributed by atoms with van der Waals surface area (Å²) in [6, 6.07) is 41.6. The van der Waals surface area contributed by atoms with Gasteiger partial charge in [-0.3, -0.25) is 19.6 Å². The molecule has 0 saturated heterocycles. The second-order valence-corrected chi connectivity index (χ2v) is 17.5. The molecule has 0 bridgehead atoms. The molecule has 0 aliphatic carbocycles. The molecular weight excluding hydrogens is 893 g/mol. The number of ether oxygens (including phenoxy) is 3. The van der Waals surface area contributed by atoms with Crippen LogP contribution in [0.2, 0.25) is 0 Å². The van der Waals surface area contributed by atoms with Crippen molar-refractivity contribution in [3.05, 3.63) is 203 Å². The highest BCUT2D eigenvalue weighted by atomic mass is 16.6. The number of carboxylic acids is 1. The van der Waals surface area contributed by atoms with Crippen LogP contribution in [0.1, 0.15) is 83.0 Å². The molecule has 0 spiro atoms. The lowest BCUT2D eigenvalue weighted by molar-refractivity contribution is -0.139. The minimum absolute atomic E-state index is 0.158. The summed E-state index contributed by atoms with van der Waals surface area (Å²) in [6.07, 6.45) is 9.29. The molecule has 8 rings (SSSR count). The first-order valence-electron chi connectivity index (χ1n) is 23.6. The Morgan fingerprint density at radius 3 is 1.42 bits per heavy atom. The van der Waals surface area contributed by atoms with Gasteiger partial charge in [-0.15, -0.1) is 0 Å². The number of ketones is 2. The van der Waals surface area contributed by atoms with E-state index in [0.29, 0.717) is 48.7 Å². The normalized spacial score (nSPS) is 11.5. The number of pyridine rings is 2. The quantitative estimate of drug-likeness (QED) is 0.0660. The number of esters is 1. The van der Waals surface area contributed by atoms with Crippen LogP contribution in [0.3, 0.4) is 0 Å². The molecule has 2 unspecified atom stereocenters. The average Bonchev–Trinajstić information content (AvgIpc) is 3.36. The van der Waals surface area contributed by atoms with Crippen molar-refractivity contribution in [2.75, 3.05) is 13.2 Å². The zero-order valence-electron chi connectivity index (χ0n) is 41.1. The fourth-order valence-electron chi connectivity index (χ4n) is 8.18. The van der Waals surface area contributed by atoms with Crippen molar-refractivity contribution in [3.63, 3.8) is 0 Å². The highest BCUT2D eigenvalue weighted by molar-refractivity contribution is 5.90. The summed E-state index contributed by atoms with van der Waals surface area (Å²) in [7, 11) is 0. The molecule has 6 aromatic carbocycles. The summed E-state index contributed by atoms with van der Waals surface area (Å²) in [5, 5.41) is 22.0. The van der Waals surface area contributed by atoms with Gasteiger partial charge in [0.1, 0.15) is 34.6 Å². The molecule has 364 valence electrons. The predicted octanol–water partition coefficient (Wildman–Crippen LogP) is 12.2. The van der Waals surface area contributed by atoms with Crippen LogP contribution in [0.4, 0.5) is 0 Å². The Kier molecular flexibility index (Phi) is 18.7. The molecule has 11 heteroatoms. The number of aromatic nitrogens is 2. The number of phenolic OH excluding ortho intramolecular Hbond substituents is 1. The Morgan fingerprint density at radius 1 is 0.521 bits per heavy atom. The maximum atomic E-state index is 13.1. The van der Waals surface area contributed by atoms with E-state index in [4.69, 9.17) is 24.4 Å². The van der Waals surface area contributed by atoms with Crippen LogP contribution in [0, 0.1) is 27.7 Å². The molecule has 0 amide bonds. The largest absolute Gasteiger partial charge is 0.508 e. The summed E-state index contributed by atoms with van der Waals surface area (Å²) in [5.41, 5.74) is 7.96. The van der Waals surface area contributed by atoms with Crippen molar-refractivity contribution >= 4 is 45.0 Å². The van der Waals surface area contributed by atoms with E-state index in [2.05, 4.69) is 16.0 Å². The van der Waals surface area contributed by atoms with Gasteiger partial charge in [0.05, 0.1) is 0 Å². The Labute approximate surface area is 415 Å². The van der Waals surface area contributed by atoms with E-state index in [-0.39, 0.29) is 36.6 Å². The van der Waals surface area contributed by atoms with Crippen LogP contribution in [0.25, 0.3) is 21.5 Å². The van der Waals surface area contributed by atoms with Crippen molar-refractivity contribution in [3.8, 4) is 23.0 Å². The maximum Gasteiger partial charge on any atom is 0.349 e. The second-order valence-electron chi connectivity index (χ2n) is 17.5. The molecule has 11 nitrogen and oxygen atoms in total. The predicted molar refractivity (Wildman–Crippen MR) is 278 cm³/mol. The summed E-state index contributed by atoms with van der Waals surface area (Å²) in [6.45, 7) is 11.2. The fourth-order valence-corrected chi connectivity index (χ4v) is 8.18. The number of rotatable bonds is 17. The van der Waals surface area contributed by atoms with E-state index in [1.807, 2.05) is 145 Å². The van der Waals surface area contributed by atoms with Gasteiger partial charge in [0.25, 0.3) is 0 Å². The fraction of sp³-hybridized carbons (Fsp3) is 0.233. The van der Waals surface area contributed by atoms with Gasteiger partial charge >= 0.3 is 11.9 Å². The lowest BCUT2D eigenvalue weighted by Gasteiger charge is -2.15. The number of aryl methyl sites for hydroxylation is 4. The van der Waals surface area contributed by atoms with Crippen LogP contribution in [0.15, 0.2) is 158 Å². The molecule has 2 atom stereocenters. The van der Waals surface area contributed by atoms with Gasteiger partial charge in [-0.25, -0.2) is 9.59 Å². The zero-order valence-corrected chi connectivity index (χ0v) is 41.1. The number of aliphatic carboxylic acids is 1. The van der Waals surface area contributed by atoms with E-state index < -0.39 is 11.9 Å². The second kappa shape index (κ2) is 25.4. The van der Waals surface area contributed by atoms with Crippen LogP contribution in [0.5, 0.6) is 23.0 Å². The molecular formula is C60H60N2O9. The smallest absolute Gasteiger partial charge is 0.349 e. The Hall–Kier alpha value is -8.18. The lowest BCUT2D eigenvalue weighted by Crippen LogP contribution is -2.18. The van der Waals surface area contributed by atoms with Gasteiger partial charge in [0, 0.05) is 60.2 Å². The number of carbonyl (C=O) groups is 4. The first kappa shape index (κ1) is 52.2. The number of hydrogen-bond acceptors (Lipinski definition) is 10. The molecule has 0 fully saturated rings. The van der Waals surface area contributed by atoms with Crippen LogP contribution < -0.4 is 14.2 Å². The topological polar surface area (TPSA) is 162 Å². The van der Waals surface area contributed by atoms with Gasteiger partial charge in [-0.05, 0) is 133 Å². The van der Waals surface area contributed by atoms with Crippen molar-refractivity contribution in [1.82, 2.24) is 9.97 Å². The number of carbonyl (C=O) groups excluding carboxylic acids is 3. The van der Waals surface area contributed by atoms with E-state index in [1.54, 1.807) is 48.8 Å². The Morgan fingerprint density at radius 2 is 0.986 bits per heavy atom. The number of fused-ring (bicyclic) bond motifs is 2. The van der Waals surface area contributed by atoms with E-state index >= 15 is 0 Å². The minimum atomic E-state index is -1.02. The molecule has 0 radical (unpaired) electrons. The Balaban J connectivity index is 0.000000202. The minimum Gasteiger partial charge on any atom is -0.508 e. The third kappa shape index (κ3) is 15.4. The van der Waals surface area contributed by atoms with Gasteiger partial charge in [0.15, 0.2) is 13.2 Å². The summed E-state index contributed by atoms with van der Waals surface area (Å²) >= 11 is 0. The molecule has 71 heavy (non-hydrogen) atoms. The van der Waals surface area contributed by atoms with Crippen molar-refractivity contribution in [2.45, 2.75) is 79.1 Å². The highest BCUT2D eigenvalue weighted by Gasteiger charge is 2.21. The summed E-state index contributed by atoms with van der Waals surface area (Å²) in [5.74, 6) is 0.381. The molecule has 8 aromatic rings. The standard InChI is InChI=1S/C30H29NO4.C22H21NO4.C8H10O/c1-4-27(28(32)17-22-6-7-25-18-31-14-13-24(25)16-22)23-8-10-26(11-9-23)34-19-30(33)35-29-12-5-20(2)15-21(29)3;1-2-20(16-5-7-19(8-6-16)27-14-22(25)26)21(24)12-15-3-4-18-13-23-10-9-17(18)11-15;1-6-3-4-8(9)7(2)5-6/h5-16,18,27H,4,17,19H2,1-3H3;3-11,13,20H,2,12,14H2,1H3,(H,25,26);3-5,9H,1-2H3. The Bertz CT molecular complexity index is 3090. The van der Waals surface area contributed by atoms with Gasteiger partial charge in [-0.1, -0.05) is 110 Å². The van der Waals surface area contributed by atoms with Crippen LogP contribution >= 0.6 is 0 Å². The van der Waals surface area contributed by atoms with Crippen molar-refractivity contribution in [2.24, 2.45) is 0 Å². The van der Waals surface area contributed by atoms with Gasteiger partial charge < -0.3 is 24.4 Å². The first-order chi connectivity index (χ1) is 34.2. The monoisotopic (exact) mass is 952 g/mol. The molecule has 0 aliphatic heterocycles. The molecule has 2 aromatic heterocycles. The summed E-state index contributed by atoms with van der Waals surface area (Å²) in [4.78, 5) is 57.0. The molecule has 2 N–H and O–H groups in total. The van der Waals surface area contributed by atoms with Crippen molar-refractivity contribution < 1.29 is 43.6 Å². The SMILES string of the molecule is CCC(C(=O)Cc1ccc2cnccc2c1)c1ccc(OCC(=O)O)cc1.CCC(C(=O)Cc1ccc2cnccc2c1)c1ccc(OCC(=O)Oc2ccc(C)cc2C)cc1.Cc1ccc(O)c(C)c1. The van der Waals surface area contributed by atoms with Crippen LogP contribution in [-0.2, 0) is 32.0 Å². The molecule has 2 heterocycles. The van der Waals surface area contributed by atoms with E-state index in [9.17, 15) is 19.2 Å². The number of phenols is 1. The summed E-state index contributed by atoms with van der Waals surface area (Å²) < 4.78 is 16.2. The number of aromatic hydroxyl groups is 1. The van der Waals surface area contributed by atoms with Gasteiger partial charge in [0.2, 0.25) is 0 Å². The third-order valence-electron chi connectivity index (χ3n) is 12.0. The van der Waals surface area contributed by atoms with Gasteiger partial charge in [-0.2, -0.15) is 0 Å². The van der Waals surface area contributed by atoms with E-state index in [0.717, 1.165) is 60.5 Å². The number of carboxylic acid groups (broad SMARTS) is 1. The first-order valence-corrected chi connectivity index (χ1v) is 23.6.